The lowest BCUT2D eigenvalue weighted by molar-refractivity contribution is 0.506. The number of hydrogen-bond donors (Lipinski definition) is 0. The fraction of sp³-hybridized carbons (Fsp3) is 0.938. The molecule has 1 fully saturated rings. The third-order valence-corrected chi connectivity index (χ3v) is 4.95. The molecule has 1 saturated carbocycles. The summed E-state index contributed by atoms with van der Waals surface area (Å²) in [6.07, 6.45) is 11.8. The van der Waals surface area contributed by atoms with Crippen molar-refractivity contribution in [2.45, 2.75) is 83.8 Å². The molecule has 1 aliphatic rings. The minimum absolute atomic E-state index is 0.837. The van der Waals surface area contributed by atoms with E-state index in [9.17, 15) is 0 Å². The fourth-order valence-electron chi connectivity index (χ4n) is 2.54. The Bertz CT molecular complexity index is 247. The topological polar surface area (TPSA) is 15.6 Å². The van der Waals surface area contributed by atoms with E-state index in [1.54, 1.807) is 0 Å². The van der Waals surface area contributed by atoms with Gasteiger partial charge in [0, 0.05) is 24.8 Å². The maximum Gasteiger partial charge on any atom is 0.109 e. The highest BCUT2D eigenvalue weighted by Gasteiger charge is 2.19. The third kappa shape index (κ3) is 6.69. The van der Waals surface area contributed by atoms with E-state index in [0.717, 1.165) is 31.2 Å². The molecular weight excluding hydrogens is 252 g/mol. The molecule has 0 aliphatic heterocycles. The Morgan fingerprint density at radius 2 is 1.79 bits per heavy atom. The number of amidine groups is 1. The van der Waals surface area contributed by atoms with Crippen LogP contribution in [0.1, 0.15) is 78.6 Å². The van der Waals surface area contributed by atoms with Gasteiger partial charge in [-0.15, -0.1) is 0 Å². The molecule has 112 valence electrons. The molecule has 0 saturated heterocycles. The molecule has 0 radical (unpaired) electrons. The van der Waals surface area contributed by atoms with Crippen molar-refractivity contribution in [1.29, 1.82) is 0 Å². The van der Waals surface area contributed by atoms with Gasteiger partial charge in [0.2, 0.25) is 0 Å². The zero-order chi connectivity index (χ0) is 13.9. The summed E-state index contributed by atoms with van der Waals surface area (Å²) in [5, 5.41) is 0.837. The monoisotopic (exact) mass is 284 g/mol. The lowest BCUT2D eigenvalue weighted by atomic mass is 10.0. The Morgan fingerprint density at radius 1 is 1.05 bits per heavy atom. The van der Waals surface area contributed by atoms with E-state index in [1.807, 2.05) is 0 Å². The molecule has 0 aromatic rings. The summed E-state index contributed by atoms with van der Waals surface area (Å²) in [7, 11) is 0. The first kappa shape index (κ1) is 16.9. The Labute approximate surface area is 124 Å². The average Bonchev–Trinajstić information content (AvgIpc) is 2.44. The van der Waals surface area contributed by atoms with Crippen molar-refractivity contribution in [3.63, 3.8) is 0 Å². The molecule has 1 aliphatic carbocycles. The van der Waals surface area contributed by atoms with Crippen molar-refractivity contribution in [2.75, 3.05) is 13.1 Å². The Hall–Kier alpha value is -0.180. The Balaban J connectivity index is 2.59. The van der Waals surface area contributed by atoms with Gasteiger partial charge < -0.3 is 4.31 Å². The van der Waals surface area contributed by atoms with E-state index in [4.69, 9.17) is 4.99 Å². The van der Waals surface area contributed by atoms with Crippen LogP contribution in [0.2, 0.25) is 0 Å². The van der Waals surface area contributed by atoms with Gasteiger partial charge in [0.1, 0.15) is 5.84 Å². The van der Waals surface area contributed by atoms with Gasteiger partial charge in [0.25, 0.3) is 0 Å². The molecule has 0 heterocycles. The summed E-state index contributed by atoms with van der Waals surface area (Å²) < 4.78 is 2.52. The van der Waals surface area contributed by atoms with Gasteiger partial charge in [-0.1, -0.05) is 40.0 Å². The summed E-state index contributed by atoms with van der Waals surface area (Å²) in [4.78, 5) is 4.84. The average molecular weight is 285 g/mol. The van der Waals surface area contributed by atoms with Gasteiger partial charge in [-0.05, 0) is 44.1 Å². The molecule has 0 N–H and O–H groups in total. The van der Waals surface area contributed by atoms with Crippen LogP contribution in [0.4, 0.5) is 0 Å². The van der Waals surface area contributed by atoms with Gasteiger partial charge in [0.15, 0.2) is 0 Å². The first-order chi connectivity index (χ1) is 9.31. The van der Waals surface area contributed by atoms with Crippen LogP contribution in [-0.2, 0) is 0 Å². The van der Waals surface area contributed by atoms with Crippen LogP contribution in [0.5, 0.6) is 0 Å². The molecule has 19 heavy (non-hydrogen) atoms. The van der Waals surface area contributed by atoms with Crippen LogP contribution in [0.25, 0.3) is 0 Å². The maximum atomic E-state index is 4.84. The normalized spacial score (nSPS) is 17.7. The van der Waals surface area contributed by atoms with Crippen molar-refractivity contribution in [3.8, 4) is 0 Å². The number of hydrogen-bond acceptors (Lipinski definition) is 2. The standard InChI is InChI=1S/C16H32N2S/c1-4-10-16(17-13-5-2)18(14-6-3)19-15-11-8-7-9-12-15/h15H,4-14H2,1-3H3. The second-order valence-electron chi connectivity index (χ2n) is 5.52. The summed E-state index contributed by atoms with van der Waals surface area (Å²) in [5.41, 5.74) is 0. The number of aliphatic imine (C=N–C) groups is 1. The van der Waals surface area contributed by atoms with Crippen LogP contribution >= 0.6 is 11.9 Å². The fourth-order valence-corrected chi connectivity index (χ4v) is 4.01. The predicted molar refractivity (Wildman–Crippen MR) is 89.0 cm³/mol. The van der Waals surface area contributed by atoms with E-state index in [0.29, 0.717) is 0 Å². The van der Waals surface area contributed by atoms with Gasteiger partial charge >= 0.3 is 0 Å². The first-order valence-corrected chi connectivity index (χ1v) is 9.13. The summed E-state index contributed by atoms with van der Waals surface area (Å²) in [5.74, 6) is 1.35. The first-order valence-electron chi connectivity index (χ1n) is 8.29. The molecule has 2 nitrogen and oxygen atoms in total. The second-order valence-corrected chi connectivity index (χ2v) is 6.83. The van der Waals surface area contributed by atoms with Gasteiger partial charge in [-0.25, -0.2) is 0 Å². The highest BCUT2D eigenvalue weighted by molar-refractivity contribution is 7.98. The van der Waals surface area contributed by atoms with Crippen molar-refractivity contribution in [1.82, 2.24) is 4.31 Å². The molecular formula is C16H32N2S. The zero-order valence-electron chi connectivity index (χ0n) is 13.2. The molecule has 1 rings (SSSR count). The second kappa shape index (κ2) is 10.6. The minimum Gasteiger partial charge on any atom is -0.304 e. The van der Waals surface area contributed by atoms with E-state index in [1.165, 1.54) is 50.8 Å². The van der Waals surface area contributed by atoms with Crippen LogP contribution in [0.3, 0.4) is 0 Å². The van der Waals surface area contributed by atoms with Crippen molar-refractivity contribution in [3.05, 3.63) is 0 Å². The minimum atomic E-state index is 0.837. The van der Waals surface area contributed by atoms with E-state index in [2.05, 4.69) is 37.0 Å². The molecule has 0 aromatic heterocycles. The smallest absolute Gasteiger partial charge is 0.109 e. The van der Waals surface area contributed by atoms with E-state index >= 15 is 0 Å². The zero-order valence-corrected chi connectivity index (χ0v) is 14.0. The third-order valence-electron chi connectivity index (χ3n) is 3.53. The Kier molecular flexibility index (Phi) is 9.40. The lowest BCUT2D eigenvalue weighted by Gasteiger charge is -2.30. The number of rotatable bonds is 8. The van der Waals surface area contributed by atoms with Gasteiger partial charge in [-0.2, -0.15) is 0 Å². The molecule has 3 heteroatoms. The molecule has 0 aromatic carbocycles. The molecule has 0 spiro atoms. The Morgan fingerprint density at radius 3 is 2.37 bits per heavy atom. The van der Waals surface area contributed by atoms with Gasteiger partial charge in [-0.3, -0.25) is 4.99 Å². The predicted octanol–water partition coefficient (Wildman–Crippen LogP) is 5.29. The van der Waals surface area contributed by atoms with Crippen LogP contribution in [0.15, 0.2) is 4.99 Å². The molecule has 0 amide bonds. The highest BCUT2D eigenvalue weighted by Crippen LogP contribution is 2.31. The maximum absolute atomic E-state index is 4.84. The van der Waals surface area contributed by atoms with E-state index in [-0.39, 0.29) is 0 Å². The SMILES string of the molecule is CCCN=C(CCC)N(CCC)SC1CCCCC1. The molecule has 0 atom stereocenters. The van der Waals surface area contributed by atoms with E-state index < -0.39 is 0 Å². The molecule has 0 bridgehead atoms. The summed E-state index contributed by atoms with van der Waals surface area (Å²) in [6, 6.07) is 0. The van der Waals surface area contributed by atoms with Crippen LogP contribution in [-0.4, -0.2) is 28.5 Å². The van der Waals surface area contributed by atoms with Crippen molar-refractivity contribution < 1.29 is 0 Å². The van der Waals surface area contributed by atoms with Crippen LogP contribution < -0.4 is 0 Å². The molecule has 0 unspecified atom stereocenters. The highest BCUT2D eigenvalue weighted by atomic mass is 32.2. The van der Waals surface area contributed by atoms with Crippen molar-refractivity contribution >= 4 is 17.8 Å². The quantitative estimate of drug-likeness (QED) is 0.342. The summed E-state index contributed by atoms with van der Waals surface area (Å²) in [6.45, 7) is 8.89. The number of nitrogens with zero attached hydrogens (tertiary/aromatic N) is 2. The van der Waals surface area contributed by atoms with Crippen molar-refractivity contribution in [2.24, 2.45) is 4.99 Å². The van der Waals surface area contributed by atoms with Crippen LogP contribution in [0, 0.1) is 0 Å². The largest absolute Gasteiger partial charge is 0.304 e. The van der Waals surface area contributed by atoms with Gasteiger partial charge in [0.05, 0.1) is 0 Å². The lowest BCUT2D eigenvalue weighted by Crippen LogP contribution is -2.29. The summed E-state index contributed by atoms with van der Waals surface area (Å²) >= 11 is 2.09.